The fourth-order valence-corrected chi connectivity index (χ4v) is 3.43. The summed E-state index contributed by atoms with van der Waals surface area (Å²) in [5.41, 5.74) is 2.54. The molecule has 25 heavy (non-hydrogen) atoms. The maximum absolute atomic E-state index is 4.44. The van der Waals surface area contributed by atoms with Gasteiger partial charge in [0.15, 0.2) is 0 Å². The number of nitrogens with zero attached hydrogens (tertiary/aromatic N) is 5. The molecule has 128 valence electrons. The molecule has 3 aromatic heterocycles. The fraction of sp³-hybridized carbons (Fsp3) is 0.316. The molecule has 4 rings (SSSR count). The predicted molar refractivity (Wildman–Crippen MR) is 97.3 cm³/mol. The van der Waals surface area contributed by atoms with E-state index in [1.807, 2.05) is 36.9 Å². The number of hydrogen-bond donors (Lipinski definition) is 1. The zero-order chi connectivity index (χ0) is 17.1. The van der Waals surface area contributed by atoms with E-state index in [4.69, 9.17) is 0 Å². The monoisotopic (exact) mass is 334 g/mol. The van der Waals surface area contributed by atoms with Crippen LogP contribution < -0.4 is 5.32 Å². The molecule has 4 heterocycles. The number of imidazole rings is 1. The molecule has 0 aromatic carbocycles. The van der Waals surface area contributed by atoms with E-state index < -0.39 is 0 Å². The molecule has 0 saturated carbocycles. The molecule has 0 aliphatic carbocycles. The highest BCUT2D eigenvalue weighted by atomic mass is 15.2. The summed E-state index contributed by atoms with van der Waals surface area (Å²) in [6.07, 6.45) is 9.86. The van der Waals surface area contributed by atoms with Crippen molar-refractivity contribution in [2.75, 3.05) is 11.9 Å². The maximum Gasteiger partial charge on any atom is 0.131 e. The van der Waals surface area contributed by atoms with Crippen molar-refractivity contribution in [2.45, 2.75) is 25.4 Å². The molecule has 0 bridgehead atoms. The molecule has 0 spiro atoms. The minimum Gasteiger partial charge on any atom is -0.337 e. The molecule has 6 nitrogen and oxygen atoms in total. The van der Waals surface area contributed by atoms with Gasteiger partial charge in [-0.15, -0.1) is 0 Å². The third-order valence-corrected chi connectivity index (χ3v) is 4.74. The highest BCUT2D eigenvalue weighted by Gasteiger charge is 2.26. The Labute approximate surface area is 147 Å². The van der Waals surface area contributed by atoms with Gasteiger partial charge in [0, 0.05) is 38.2 Å². The van der Waals surface area contributed by atoms with Crippen LogP contribution in [0.4, 0.5) is 11.6 Å². The molecule has 1 aliphatic rings. The largest absolute Gasteiger partial charge is 0.337 e. The quantitative estimate of drug-likeness (QED) is 0.776. The SMILES string of the molecule is Cn1cncc1CN1CCC[C@H]1c1ccnc(Nc2ccccn2)c1. The Morgan fingerprint density at radius 3 is 2.88 bits per heavy atom. The lowest BCUT2D eigenvalue weighted by atomic mass is 10.1. The van der Waals surface area contributed by atoms with Crippen molar-refractivity contribution in [2.24, 2.45) is 7.05 Å². The zero-order valence-corrected chi connectivity index (χ0v) is 14.3. The Balaban J connectivity index is 1.52. The molecule has 1 aliphatic heterocycles. The number of rotatable bonds is 5. The van der Waals surface area contributed by atoms with Gasteiger partial charge in [-0.25, -0.2) is 15.0 Å². The third kappa shape index (κ3) is 3.53. The standard InChI is InChI=1S/C19H22N6/c1-24-14-20-12-16(24)13-25-10-4-5-17(25)15-7-9-22-19(11-15)23-18-6-2-3-8-21-18/h2-3,6-9,11-12,14,17H,4-5,10,13H2,1H3,(H,21,22,23)/t17-/m0/s1. The first-order chi connectivity index (χ1) is 12.3. The van der Waals surface area contributed by atoms with Gasteiger partial charge in [0.05, 0.1) is 12.0 Å². The van der Waals surface area contributed by atoms with Crippen molar-refractivity contribution in [1.82, 2.24) is 24.4 Å². The van der Waals surface area contributed by atoms with Crippen molar-refractivity contribution < 1.29 is 0 Å². The van der Waals surface area contributed by atoms with Crippen LogP contribution in [0.5, 0.6) is 0 Å². The van der Waals surface area contributed by atoms with Crippen molar-refractivity contribution in [3.63, 3.8) is 0 Å². The summed E-state index contributed by atoms with van der Waals surface area (Å²) >= 11 is 0. The Morgan fingerprint density at radius 1 is 1.16 bits per heavy atom. The molecule has 1 saturated heterocycles. The molecule has 0 amide bonds. The second kappa shape index (κ2) is 7.03. The number of aryl methyl sites for hydroxylation is 1. The lowest BCUT2D eigenvalue weighted by Crippen LogP contribution is -2.24. The van der Waals surface area contributed by atoms with Crippen LogP contribution in [0.1, 0.15) is 30.1 Å². The summed E-state index contributed by atoms with van der Waals surface area (Å²) in [6.45, 7) is 2.04. The number of pyridine rings is 2. The summed E-state index contributed by atoms with van der Waals surface area (Å²) in [7, 11) is 2.05. The van der Waals surface area contributed by atoms with Gasteiger partial charge in [0.25, 0.3) is 0 Å². The van der Waals surface area contributed by atoms with E-state index in [-0.39, 0.29) is 0 Å². The van der Waals surface area contributed by atoms with E-state index in [1.54, 1.807) is 6.20 Å². The number of likely N-dealkylation sites (tertiary alicyclic amines) is 1. The van der Waals surface area contributed by atoms with E-state index in [0.717, 1.165) is 24.7 Å². The minimum atomic E-state index is 0.419. The molecular formula is C19H22N6. The van der Waals surface area contributed by atoms with E-state index in [9.17, 15) is 0 Å². The smallest absolute Gasteiger partial charge is 0.131 e. The van der Waals surface area contributed by atoms with Gasteiger partial charge >= 0.3 is 0 Å². The topological polar surface area (TPSA) is 58.9 Å². The molecule has 0 radical (unpaired) electrons. The first-order valence-corrected chi connectivity index (χ1v) is 8.63. The third-order valence-electron chi connectivity index (χ3n) is 4.74. The van der Waals surface area contributed by atoms with Crippen LogP contribution in [-0.2, 0) is 13.6 Å². The summed E-state index contributed by atoms with van der Waals surface area (Å²) in [6, 6.07) is 10.5. The second-order valence-corrected chi connectivity index (χ2v) is 6.44. The lowest BCUT2D eigenvalue weighted by molar-refractivity contribution is 0.243. The molecule has 1 atom stereocenters. The van der Waals surface area contributed by atoms with Crippen LogP contribution in [0.2, 0.25) is 0 Å². The molecule has 1 N–H and O–H groups in total. The van der Waals surface area contributed by atoms with E-state index in [1.165, 1.54) is 24.1 Å². The van der Waals surface area contributed by atoms with Gasteiger partial charge in [0.1, 0.15) is 11.6 Å². The van der Waals surface area contributed by atoms with Crippen LogP contribution in [-0.4, -0.2) is 31.0 Å². The van der Waals surface area contributed by atoms with Gasteiger partial charge < -0.3 is 9.88 Å². The second-order valence-electron chi connectivity index (χ2n) is 6.44. The van der Waals surface area contributed by atoms with Crippen molar-refractivity contribution in [3.05, 3.63) is 66.5 Å². The zero-order valence-electron chi connectivity index (χ0n) is 14.3. The van der Waals surface area contributed by atoms with Gasteiger partial charge in [-0.2, -0.15) is 0 Å². The van der Waals surface area contributed by atoms with Crippen LogP contribution >= 0.6 is 0 Å². The maximum atomic E-state index is 4.44. The molecular weight excluding hydrogens is 312 g/mol. The van der Waals surface area contributed by atoms with Crippen LogP contribution in [0, 0.1) is 0 Å². The van der Waals surface area contributed by atoms with E-state index >= 15 is 0 Å². The average Bonchev–Trinajstić information content (AvgIpc) is 3.26. The number of nitrogens with one attached hydrogen (secondary N) is 1. The average molecular weight is 334 g/mol. The first kappa shape index (κ1) is 15.8. The van der Waals surface area contributed by atoms with Crippen molar-refractivity contribution >= 4 is 11.6 Å². The van der Waals surface area contributed by atoms with E-state index in [2.05, 4.69) is 48.9 Å². The fourth-order valence-electron chi connectivity index (χ4n) is 3.43. The van der Waals surface area contributed by atoms with Crippen LogP contribution in [0.15, 0.2) is 55.2 Å². The first-order valence-electron chi connectivity index (χ1n) is 8.63. The highest BCUT2D eigenvalue weighted by Crippen LogP contribution is 2.33. The summed E-state index contributed by atoms with van der Waals surface area (Å²) in [4.78, 5) is 15.5. The number of hydrogen-bond acceptors (Lipinski definition) is 5. The summed E-state index contributed by atoms with van der Waals surface area (Å²) < 4.78 is 2.09. The lowest BCUT2D eigenvalue weighted by Gasteiger charge is -2.25. The van der Waals surface area contributed by atoms with E-state index in [0.29, 0.717) is 6.04 Å². The molecule has 6 heteroatoms. The normalized spacial score (nSPS) is 17.7. The number of aromatic nitrogens is 4. The van der Waals surface area contributed by atoms with Crippen LogP contribution in [0.25, 0.3) is 0 Å². The predicted octanol–water partition coefficient (Wildman–Crippen LogP) is 3.29. The highest BCUT2D eigenvalue weighted by molar-refractivity contribution is 5.52. The van der Waals surface area contributed by atoms with Crippen LogP contribution in [0.3, 0.4) is 0 Å². The van der Waals surface area contributed by atoms with Gasteiger partial charge in [-0.1, -0.05) is 6.07 Å². The Morgan fingerprint density at radius 2 is 2.08 bits per heavy atom. The summed E-state index contributed by atoms with van der Waals surface area (Å²) in [5, 5.41) is 3.28. The number of anilines is 2. The van der Waals surface area contributed by atoms with Gasteiger partial charge in [-0.05, 0) is 49.2 Å². The molecule has 0 unspecified atom stereocenters. The minimum absolute atomic E-state index is 0.419. The summed E-state index contributed by atoms with van der Waals surface area (Å²) in [5.74, 6) is 1.65. The molecule has 1 fully saturated rings. The Kier molecular flexibility index (Phi) is 4.43. The molecule has 3 aromatic rings. The van der Waals surface area contributed by atoms with Gasteiger partial charge in [0.2, 0.25) is 0 Å². The Hall–Kier alpha value is -2.73. The Bertz CT molecular complexity index is 829. The van der Waals surface area contributed by atoms with Crippen molar-refractivity contribution in [1.29, 1.82) is 0 Å². The van der Waals surface area contributed by atoms with Gasteiger partial charge in [-0.3, -0.25) is 4.90 Å². The van der Waals surface area contributed by atoms with Crippen molar-refractivity contribution in [3.8, 4) is 0 Å².